The van der Waals surface area contributed by atoms with Crippen LogP contribution in [0.5, 0.6) is 5.88 Å². The molecule has 1 unspecified atom stereocenters. The van der Waals surface area contributed by atoms with Crippen LogP contribution in [-0.4, -0.2) is 44.9 Å². The fraction of sp³-hybridized carbons (Fsp3) is 0.389. The Labute approximate surface area is 161 Å². The Morgan fingerprint density at radius 2 is 2.11 bits per heavy atom. The van der Waals surface area contributed by atoms with E-state index in [9.17, 15) is 14.9 Å². The van der Waals surface area contributed by atoms with E-state index in [0.717, 1.165) is 18.5 Å². The van der Waals surface area contributed by atoms with Crippen molar-refractivity contribution < 1.29 is 14.5 Å². The number of halogens is 1. The quantitative estimate of drug-likeness (QED) is 0.586. The third-order valence-corrected chi connectivity index (χ3v) is 4.62. The molecule has 9 heteroatoms. The van der Waals surface area contributed by atoms with Crippen molar-refractivity contribution in [3.8, 4) is 5.88 Å². The van der Waals surface area contributed by atoms with Crippen LogP contribution >= 0.6 is 11.6 Å². The molecule has 8 nitrogen and oxygen atoms in total. The molecule has 1 aromatic carbocycles. The topological polar surface area (TPSA) is 98.5 Å². The number of aromatic nitrogens is 2. The first-order chi connectivity index (χ1) is 12.8. The molecule has 1 amide bonds. The molecule has 142 valence electrons. The van der Waals surface area contributed by atoms with Gasteiger partial charge in [0.1, 0.15) is 11.9 Å². The number of aryl methyl sites for hydroxylation is 2. The minimum atomic E-state index is -0.547. The highest BCUT2D eigenvalue weighted by Crippen LogP contribution is 2.25. The van der Waals surface area contributed by atoms with Crippen LogP contribution in [0.1, 0.15) is 34.7 Å². The fourth-order valence-corrected chi connectivity index (χ4v) is 3.29. The number of hydrogen-bond acceptors (Lipinski definition) is 6. The fourth-order valence-electron chi connectivity index (χ4n) is 3.09. The molecule has 1 saturated heterocycles. The maximum absolute atomic E-state index is 12.8. The van der Waals surface area contributed by atoms with Gasteiger partial charge in [0, 0.05) is 30.4 Å². The third kappa shape index (κ3) is 4.51. The maximum atomic E-state index is 12.8. The van der Waals surface area contributed by atoms with Gasteiger partial charge < -0.3 is 9.64 Å². The highest BCUT2D eigenvalue weighted by Gasteiger charge is 2.28. The molecular formula is C18H19ClN4O4. The summed E-state index contributed by atoms with van der Waals surface area (Å²) in [5, 5.41) is 11.2. The zero-order chi connectivity index (χ0) is 19.6. The average molecular weight is 391 g/mol. The zero-order valence-corrected chi connectivity index (χ0v) is 15.8. The van der Waals surface area contributed by atoms with Gasteiger partial charge in [-0.25, -0.2) is 4.98 Å². The lowest BCUT2D eigenvalue weighted by molar-refractivity contribution is -0.384. The summed E-state index contributed by atoms with van der Waals surface area (Å²) in [7, 11) is 0. The summed E-state index contributed by atoms with van der Waals surface area (Å²) in [6, 6.07) is 5.62. The molecule has 1 fully saturated rings. The van der Waals surface area contributed by atoms with Crippen LogP contribution in [0.3, 0.4) is 0 Å². The van der Waals surface area contributed by atoms with Crippen LogP contribution in [0.4, 0.5) is 5.69 Å². The van der Waals surface area contributed by atoms with Gasteiger partial charge >= 0.3 is 0 Å². The Balaban J connectivity index is 1.75. The molecule has 0 spiro atoms. The second-order valence-electron chi connectivity index (χ2n) is 6.45. The number of amides is 1. The van der Waals surface area contributed by atoms with Gasteiger partial charge in [-0.3, -0.25) is 14.9 Å². The molecule has 2 aromatic rings. The SMILES string of the molecule is Cc1cc(OC2CCCN(C(=O)c3cc([N+](=O)[O-])ccc3Cl)C2)nc(C)n1. The van der Waals surface area contributed by atoms with Crippen LogP contribution in [0.15, 0.2) is 24.3 Å². The van der Waals surface area contributed by atoms with E-state index in [0.29, 0.717) is 24.8 Å². The second-order valence-corrected chi connectivity index (χ2v) is 6.86. The summed E-state index contributed by atoms with van der Waals surface area (Å²) < 4.78 is 5.94. The summed E-state index contributed by atoms with van der Waals surface area (Å²) in [6.07, 6.45) is 1.33. The first-order valence-corrected chi connectivity index (χ1v) is 8.93. The Bertz CT molecular complexity index is 869. The van der Waals surface area contributed by atoms with Gasteiger partial charge in [-0.05, 0) is 32.8 Å². The van der Waals surface area contributed by atoms with Crippen molar-refractivity contribution in [2.24, 2.45) is 0 Å². The Morgan fingerprint density at radius 3 is 2.81 bits per heavy atom. The van der Waals surface area contributed by atoms with Gasteiger partial charge in [0.15, 0.2) is 0 Å². The number of nitrogens with zero attached hydrogens (tertiary/aromatic N) is 4. The van der Waals surface area contributed by atoms with Crippen molar-refractivity contribution in [1.82, 2.24) is 14.9 Å². The van der Waals surface area contributed by atoms with Crippen molar-refractivity contribution in [3.63, 3.8) is 0 Å². The summed E-state index contributed by atoms with van der Waals surface area (Å²) in [4.78, 5) is 33.4. The van der Waals surface area contributed by atoms with Gasteiger partial charge in [-0.1, -0.05) is 11.6 Å². The van der Waals surface area contributed by atoms with Crippen molar-refractivity contribution in [2.75, 3.05) is 13.1 Å². The monoisotopic (exact) mass is 390 g/mol. The van der Waals surface area contributed by atoms with E-state index in [1.807, 2.05) is 6.92 Å². The van der Waals surface area contributed by atoms with E-state index in [2.05, 4.69) is 9.97 Å². The summed E-state index contributed by atoms with van der Waals surface area (Å²) in [6.45, 7) is 4.56. The largest absolute Gasteiger partial charge is 0.472 e. The standard InChI is InChI=1S/C18H19ClN4O4/c1-11-8-17(21-12(2)20-11)27-14-4-3-7-22(10-14)18(24)15-9-13(23(25)26)5-6-16(15)19/h5-6,8-9,14H,3-4,7,10H2,1-2H3. The van der Waals surface area contributed by atoms with Crippen molar-refractivity contribution in [1.29, 1.82) is 0 Å². The lowest BCUT2D eigenvalue weighted by atomic mass is 10.1. The molecule has 0 aliphatic carbocycles. The van der Waals surface area contributed by atoms with Gasteiger partial charge in [0.2, 0.25) is 5.88 Å². The first kappa shape index (κ1) is 19.0. The summed E-state index contributed by atoms with van der Waals surface area (Å²) >= 11 is 6.10. The number of non-ortho nitro benzene ring substituents is 1. The number of nitro benzene ring substituents is 1. The van der Waals surface area contributed by atoms with Crippen molar-refractivity contribution in [2.45, 2.75) is 32.8 Å². The smallest absolute Gasteiger partial charge is 0.270 e. The number of benzene rings is 1. The number of piperidine rings is 1. The average Bonchev–Trinajstić information content (AvgIpc) is 2.60. The molecule has 1 aliphatic heterocycles. The molecule has 1 atom stereocenters. The van der Waals surface area contributed by atoms with Crippen LogP contribution < -0.4 is 4.74 Å². The number of carbonyl (C=O) groups is 1. The lowest BCUT2D eigenvalue weighted by Gasteiger charge is -2.32. The number of hydrogen-bond donors (Lipinski definition) is 0. The summed E-state index contributed by atoms with van der Waals surface area (Å²) in [5.74, 6) is 0.761. The van der Waals surface area contributed by atoms with Gasteiger partial charge in [-0.2, -0.15) is 4.98 Å². The maximum Gasteiger partial charge on any atom is 0.270 e. The highest BCUT2D eigenvalue weighted by molar-refractivity contribution is 6.33. The first-order valence-electron chi connectivity index (χ1n) is 8.55. The van der Waals surface area contributed by atoms with Crippen LogP contribution in [-0.2, 0) is 0 Å². The highest BCUT2D eigenvalue weighted by atomic mass is 35.5. The van der Waals surface area contributed by atoms with Crippen LogP contribution in [0, 0.1) is 24.0 Å². The zero-order valence-electron chi connectivity index (χ0n) is 15.0. The van der Waals surface area contributed by atoms with E-state index >= 15 is 0 Å². The predicted molar refractivity (Wildman–Crippen MR) is 99.2 cm³/mol. The van der Waals surface area contributed by atoms with E-state index in [4.69, 9.17) is 16.3 Å². The predicted octanol–water partition coefficient (Wildman–Crippen LogP) is 3.34. The van der Waals surface area contributed by atoms with E-state index in [-0.39, 0.29) is 28.3 Å². The number of rotatable bonds is 4. The number of ether oxygens (including phenoxy) is 1. The molecule has 3 rings (SSSR count). The Kier molecular flexibility index (Phi) is 5.55. The van der Waals surface area contributed by atoms with Gasteiger partial charge in [0.05, 0.1) is 22.1 Å². The second kappa shape index (κ2) is 7.87. The van der Waals surface area contributed by atoms with Gasteiger partial charge in [-0.15, -0.1) is 0 Å². The molecule has 1 aliphatic rings. The Hall–Kier alpha value is -2.74. The lowest BCUT2D eigenvalue weighted by Crippen LogP contribution is -2.44. The van der Waals surface area contributed by atoms with E-state index < -0.39 is 4.92 Å². The molecule has 0 bridgehead atoms. The molecular weight excluding hydrogens is 372 g/mol. The molecule has 0 saturated carbocycles. The minimum Gasteiger partial charge on any atom is -0.472 e. The number of likely N-dealkylation sites (tertiary alicyclic amines) is 1. The van der Waals surface area contributed by atoms with Crippen molar-refractivity contribution in [3.05, 3.63) is 56.5 Å². The number of nitro groups is 1. The van der Waals surface area contributed by atoms with Gasteiger partial charge in [0.25, 0.3) is 11.6 Å². The van der Waals surface area contributed by atoms with E-state index in [1.165, 1.54) is 18.2 Å². The minimum absolute atomic E-state index is 0.125. The number of carbonyl (C=O) groups excluding carboxylic acids is 1. The van der Waals surface area contributed by atoms with Crippen LogP contribution in [0.25, 0.3) is 0 Å². The third-order valence-electron chi connectivity index (χ3n) is 4.29. The Morgan fingerprint density at radius 1 is 1.33 bits per heavy atom. The molecule has 27 heavy (non-hydrogen) atoms. The molecule has 1 aromatic heterocycles. The molecule has 0 N–H and O–H groups in total. The van der Waals surface area contributed by atoms with Crippen molar-refractivity contribution >= 4 is 23.2 Å². The normalized spacial score (nSPS) is 16.9. The molecule has 0 radical (unpaired) electrons. The molecule has 2 heterocycles. The van der Waals surface area contributed by atoms with Crippen LogP contribution in [0.2, 0.25) is 5.02 Å². The summed E-state index contributed by atoms with van der Waals surface area (Å²) in [5.41, 5.74) is 0.768. The van der Waals surface area contributed by atoms with E-state index in [1.54, 1.807) is 17.9 Å².